The Hall–Kier alpha value is -1.37. The lowest BCUT2D eigenvalue weighted by molar-refractivity contribution is -0.137. The molecule has 0 aliphatic heterocycles. The van der Waals surface area contributed by atoms with Gasteiger partial charge in [-0.3, -0.25) is 0 Å². The van der Waals surface area contributed by atoms with Gasteiger partial charge in [-0.15, -0.1) is 11.8 Å². The number of rotatable bonds is 5. The van der Waals surface area contributed by atoms with E-state index in [0.717, 1.165) is 24.3 Å². The summed E-state index contributed by atoms with van der Waals surface area (Å²) >= 11 is 1.40. The van der Waals surface area contributed by atoms with Crippen LogP contribution in [-0.2, 0) is 6.18 Å². The van der Waals surface area contributed by atoms with Gasteiger partial charge in [0.1, 0.15) is 0 Å². The van der Waals surface area contributed by atoms with Crippen LogP contribution in [0.3, 0.4) is 0 Å². The summed E-state index contributed by atoms with van der Waals surface area (Å²) in [5.74, 6) is 0.946. The molecule has 0 aliphatic carbocycles. The molecule has 1 aromatic rings. The summed E-state index contributed by atoms with van der Waals surface area (Å²) in [5.41, 5.74) is 4.75. The topological polar surface area (TPSA) is 58.6 Å². The largest absolute Gasteiger partial charge is 0.416 e. The molecule has 0 bridgehead atoms. The summed E-state index contributed by atoms with van der Waals surface area (Å²) in [6.07, 6.45) is -3.52. The quantitative estimate of drug-likeness (QED) is 0.285. The van der Waals surface area contributed by atoms with Crippen molar-refractivity contribution >= 4 is 17.6 Å². The first-order valence-corrected chi connectivity index (χ1v) is 7.06. The highest BCUT2D eigenvalue weighted by Crippen LogP contribution is 2.33. The molecule has 0 fully saturated rings. The third-order valence-electron chi connectivity index (χ3n) is 2.64. The first-order chi connectivity index (χ1) is 9.25. The predicted octanol–water partition coefficient (Wildman–Crippen LogP) is 3.94. The van der Waals surface area contributed by atoms with E-state index in [-0.39, 0.29) is 11.4 Å². The molecule has 0 heterocycles. The molecule has 7 heteroatoms. The molecule has 3 nitrogen and oxygen atoms in total. The van der Waals surface area contributed by atoms with Crippen molar-refractivity contribution in [2.45, 2.75) is 31.3 Å². The van der Waals surface area contributed by atoms with Crippen LogP contribution < -0.4 is 5.73 Å². The van der Waals surface area contributed by atoms with Crippen molar-refractivity contribution in [3.63, 3.8) is 0 Å². The Morgan fingerprint density at radius 3 is 2.55 bits per heavy atom. The monoisotopic (exact) mass is 306 g/mol. The Morgan fingerprint density at radius 2 is 2.05 bits per heavy atom. The summed E-state index contributed by atoms with van der Waals surface area (Å²) in [6.45, 7) is 4.13. The van der Waals surface area contributed by atoms with E-state index in [1.807, 2.05) is 0 Å². The minimum atomic E-state index is -4.45. The zero-order valence-corrected chi connectivity index (χ0v) is 12.1. The number of thioether (sulfide) groups is 1. The second-order valence-corrected chi connectivity index (χ2v) is 5.86. The average molecular weight is 306 g/mol. The third kappa shape index (κ3) is 4.63. The number of amidine groups is 1. The van der Waals surface area contributed by atoms with Crippen molar-refractivity contribution in [2.75, 3.05) is 5.75 Å². The van der Waals surface area contributed by atoms with Gasteiger partial charge in [0.25, 0.3) is 0 Å². The van der Waals surface area contributed by atoms with Crippen molar-refractivity contribution in [1.82, 2.24) is 0 Å². The van der Waals surface area contributed by atoms with Crippen molar-refractivity contribution in [2.24, 2.45) is 16.8 Å². The number of hydrogen-bond acceptors (Lipinski definition) is 3. The summed E-state index contributed by atoms with van der Waals surface area (Å²) in [5, 5.41) is 11.5. The SMILES string of the molecule is CC(C)CCSc1ccc(C(F)(F)F)cc1/C(N)=N/O. The molecule has 0 unspecified atom stereocenters. The summed E-state index contributed by atoms with van der Waals surface area (Å²) in [7, 11) is 0. The van der Waals surface area contributed by atoms with E-state index in [9.17, 15) is 13.2 Å². The molecule has 0 spiro atoms. The predicted molar refractivity (Wildman–Crippen MR) is 74.1 cm³/mol. The lowest BCUT2D eigenvalue weighted by atomic mass is 10.1. The van der Waals surface area contributed by atoms with Gasteiger partial charge in [0.05, 0.1) is 5.56 Å². The van der Waals surface area contributed by atoms with Gasteiger partial charge in [-0.25, -0.2) is 0 Å². The fourth-order valence-corrected chi connectivity index (χ4v) is 2.78. The maximum Gasteiger partial charge on any atom is 0.416 e. The van der Waals surface area contributed by atoms with Gasteiger partial charge in [0.2, 0.25) is 0 Å². The highest BCUT2D eigenvalue weighted by molar-refractivity contribution is 7.99. The zero-order valence-electron chi connectivity index (χ0n) is 11.2. The van der Waals surface area contributed by atoms with Gasteiger partial charge in [-0.2, -0.15) is 13.2 Å². The van der Waals surface area contributed by atoms with Crippen molar-refractivity contribution in [3.05, 3.63) is 29.3 Å². The number of hydrogen-bond donors (Lipinski definition) is 2. The van der Waals surface area contributed by atoms with Gasteiger partial charge >= 0.3 is 6.18 Å². The molecule has 1 rings (SSSR count). The molecule has 1 aromatic carbocycles. The number of halogens is 3. The fraction of sp³-hybridized carbons (Fsp3) is 0.462. The molecule has 0 radical (unpaired) electrons. The Bertz CT molecular complexity index is 487. The van der Waals surface area contributed by atoms with Crippen molar-refractivity contribution < 1.29 is 18.4 Å². The van der Waals surface area contributed by atoms with Gasteiger partial charge in [0, 0.05) is 10.5 Å². The smallest absolute Gasteiger partial charge is 0.409 e. The van der Waals surface area contributed by atoms with Crippen molar-refractivity contribution in [3.8, 4) is 0 Å². The molecule has 0 amide bonds. The molecular formula is C13H17F3N2OS. The van der Waals surface area contributed by atoms with Crippen LogP contribution in [0.25, 0.3) is 0 Å². The van der Waals surface area contributed by atoms with E-state index in [0.29, 0.717) is 10.8 Å². The molecule has 0 atom stereocenters. The number of oxime groups is 1. The maximum atomic E-state index is 12.7. The normalized spacial score (nSPS) is 13.0. The van der Waals surface area contributed by atoms with Crippen LogP contribution >= 0.6 is 11.8 Å². The second kappa shape index (κ2) is 6.88. The fourth-order valence-electron chi connectivity index (χ4n) is 1.49. The Morgan fingerprint density at radius 1 is 1.40 bits per heavy atom. The van der Waals surface area contributed by atoms with E-state index >= 15 is 0 Å². The van der Waals surface area contributed by atoms with E-state index in [1.54, 1.807) is 0 Å². The third-order valence-corrected chi connectivity index (χ3v) is 3.75. The highest BCUT2D eigenvalue weighted by Gasteiger charge is 2.31. The maximum absolute atomic E-state index is 12.7. The molecule has 20 heavy (non-hydrogen) atoms. The van der Waals surface area contributed by atoms with Crippen LogP contribution in [0.4, 0.5) is 13.2 Å². The average Bonchev–Trinajstić information content (AvgIpc) is 2.36. The summed E-state index contributed by atoms with van der Waals surface area (Å²) in [6, 6.07) is 3.28. The van der Waals surface area contributed by atoms with Crippen molar-refractivity contribution in [1.29, 1.82) is 0 Å². The Balaban J connectivity index is 3.05. The Kier molecular flexibility index (Phi) is 5.74. The minimum Gasteiger partial charge on any atom is -0.409 e. The minimum absolute atomic E-state index is 0.107. The van der Waals surface area contributed by atoms with E-state index < -0.39 is 11.7 Å². The van der Waals surface area contributed by atoms with Gasteiger partial charge in [0.15, 0.2) is 5.84 Å². The lowest BCUT2D eigenvalue weighted by Crippen LogP contribution is -2.16. The van der Waals surface area contributed by atoms with Crippen LogP contribution in [0.1, 0.15) is 31.4 Å². The van der Waals surface area contributed by atoms with Gasteiger partial charge < -0.3 is 10.9 Å². The van der Waals surface area contributed by atoms with Crippen LogP contribution in [0.5, 0.6) is 0 Å². The molecule has 0 saturated carbocycles. The lowest BCUT2D eigenvalue weighted by Gasteiger charge is -2.13. The van der Waals surface area contributed by atoms with Crippen LogP contribution in [0, 0.1) is 5.92 Å². The number of nitrogens with two attached hydrogens (primary N) is 1. The van der Waals surface area contributed by atoms with E-state index in [4.69, 9.17) is 10.9 Å². The molecule has 0 aromatic heterocycles. The number of nitrogens with zero attached hydrogens (tertiary/aromatic N) is 1. The Labute approximate surface area is 120 Å². The van der Waals surface area contributed by atoms with Gasteiger partial charge in [-0.1, -0.05) is 19.0 Å². The molecule has 112 valence electrons. The molecule has 0 aliphatic rings. The first-order valence-electron chi connectivity index (χ1n) is 6.07. The first kappa shape index (κ1) is 16.7. The van der Waals surface area contributed by atoms with Gasteiger partial charge in [-0.05, 0) is 36.3 Å². The van der Waals surface area contributed by atoms with E-state index in [1.165, 1.54) is 17.8 Å². The van der Waals surface area contributed by atoms with Crippen LogP contribution in [0.2, 0.25) is 0 Å². The molecule has 0 saturated heterocycles. The standard InChI is InChI=1S/C13H17F3N2OS/c1-8(2)5-6-20-11-4-3-9(13(14,15)16)7-10(11)12(17)18-19/h3-4,7-8,19H,5-6H2,1-2H3,(H2,17,18). The molecule has 3 N–H and O–H groups in total. The van der Waals surface area contributed by atoms with Crippen LogP contribution in [0.15, 0.2) is 28.3 Å². The second-order valence-electron chi connectivity index (χ2n) is 4.72. The number of alkyl halides is 3. The highest BCUT2D eigenvalue weighted by atomic mass is 32.2. The zero-order chi connectivity index (χ0) is 15.3. The summed E-state index contributed by atoms with van der Waals surface area (Å²) < 4.78 is 38.0. The van der Waals surface area contributed by atoms with E-state index in [2.05, 4.69) is 19.0 Å². The number of benzene rings is 1. The van der Waals surface area contributed by atoms with Crippen LogP contribution in [-0.4, -0.2) is 16.8 Å². The molecular weight excluding hydrogens is 289 g/mol. The summed E-state index contributed by atoms with van der Waals surface area (Å²) in [4.78, 5) is 0.578.